The van der Waals surface area contributed by atoms with Gasteiger partial charge in [0.05, 0.1) is 18.8 Å². The molecule has 1 heterocycles. The molecule has 1 aliphatic rings. The summed E-state index contributed by atoms with van der Waals surface area (Å²) >= 11 is 0. The number of aliphatic hydroxyl groups excluding tert-OH is 1. The third-order valence-corrected chi connectivity index (χ3v) is 2.17. The maximum Gasteiger partial charge on any atom is 0.364 e. The summed E-state index contributed by atoms with van der Waals surface area (Å²) in [5, 5.41) is 29.9. The largest absolute Gasteiger partial charge is 0.477 e. The van der Waals surface area contributed by atoms with E-state index in [1.807, 2.05) is 0 Å². The summed E-state index contributed by atoms with van der Waals surface area (Å²) in [6, 6.07) is -0.692. The second kappa shape index (κ2) is 4.13. The highest BCUT2D eigenvalue weighted by molar-refractivity contribution is 5.76. The maximum absolute atomic E-state index is 10.7. The van der Waals surface area contributed by atoms with Crippen molar-refractivity contribution in [3.05, 3.63) is 0 Å². The molecule has 4 N–H and O–H groups in total. The Kier molecular flexibility index (Phi) is 3.28. The standard InChI is InChI=1S/C8H13NO6/c1-4(10)9-5-3-15-8(14,7(12)13)2-6(5)11/h5-6,11,14H,2-3H2,1H3,(H,9,10)(H,12,13)/t5-,6-,8?/m0/s1. The Morgan fingerprint density at radius 2 is 2.13 bits per heavy atom. The van der Waals surface area contributed by atoms with Crippen LogP contribution in [0.4, 0.5) is 0 Å². The summed E-state index contributed by atoms with van der Waals surface area (Å²) in [6.07, 6.45) is -1.63. The molecule has 1 amide bonds. The lowest BCUT2D eigenvalue weighted by Gasteiger charge is -2.36. The number of nitrogens with one attached hydrogen (secondary N) is 1. The van der Waals surface area contributed by atoms with Gasteiger partial charge < -0.3 is 25.4 Å². The Labute approximate surface area is 85.7 Å². The second-order valence-electron chi connectivity index (χ2n) is 3.48. The van der Waals surface area contributed by atoms with Crippen molar-refractivity contribution in [3.63, 3.8) is 0 Å². The number of carboxylic acid groups (broad SMARTS) is 1. The lowest BCUT2D eigenvalue weighted by Crippen LogP contribution is -2.58. The van der Waals surface area contributed by atoms with Crippen molar-refractivity contribution in [2.24, 2.45) is 0 Å². The molecule has 1 aliphatic heterocycles. The molecule has 0 aromatic carbocycles. The molecule has 86 valence electrons. The Bertz CT molecular complexity index is 280. The molecule has 0 bridgehead atoms. The van der Waals surface area contributed by atoms with Gasteiger partial charge in [0.1, 0.15) is 0 Å². The van der Waals surface area contributed by atoms with Crippen molar-refractivity contribution in [3.8, 4) is 0 Å². The summed E-state index contributed by atoms with van der Waals surface area (Å²) in [6.45, 7) is 1.02. The maximum atomic E-state index is 10.7. The van der Waals surface area contributed by atoms with E-state index in [4.69, 9.17) is 9.84 Å². The van der Waals surface area contributed by atoms with Crippen LogP contribution in [0, 0.1) is 0 Å². The SMILES string of the molecule is CC(=O)N[C@H]1COC(O)(C(=O)O)C[C@@H]1O. The molecule has 3 atom stereocenters. The fraction of sp³-hybridized carbons (Fsp3) is 0.750. The summed E-state index contributed by atoms with van der Waals surface area (Å²) in [4.78, 5) is 21.3. The number of carbonyl (C=O) groups is 2. The van der Waals surface area contributed by atoms with Crippen molar-refractivity contribution < 1.29 is 29.6 Å². The molecule has 0 aliphatic carbocycles. The molecule has 7 heteroatoms. The van der Waals surface area contributed by atoms with E-state index < -0.39 is 30.3 Å². The zero-order valence-electron chi connectivity index (χ0n) is 8.14. The first-order chi connectivity index (χ1) is 6.85. The molecule has 1 saturated heterocycles. The molecular weight excluding hydrogens is 206 g/mol. The van der Waals surface area contributed by atoms with Gasteiger partial charge >= 0.3 is 5.97 Å². The lowest BCUT2D eigenvalue weighted by atomic mass is 9.99. The molecule has 0 radical (unpaired) electrons. The van der Waals surface area contributed by atoms with Gasteiger partial charge in [0, 0.05) is 13.3 Å². The van der Waals surface area contributed by atoms with Gasteiger partial charge in [0.25, 0.3) is 5.79 Å². The van der Waals surface area contributed by atoms with Crippen LogP contribution in [-0.4, -0.2) is 51.7 Å². The number of aliphatic carboxylic acids is 1. The van der Waals surface area contributed by atoms with Crippen molar-refractivity contribution in [1.29, 1.82) is 0 Å². The molecule has 0 aromatic heterocycles. The number of hydrogen-bond acceptors (Lipinski definition) is 5. The molecule has 1 fully saturated rings. The van der Waals surface area contributed by atoms with Crippen LogP contribution in [-0.2, 0) is 14.3 Å². The average molecular weight is 219 g/mol. The van der Waals surface area contributed by atoms with Gasteiger partial charge in [-0.2, -0.15) is 0 Å². The number of aliphatic hydroxyl groups is 2. The van der Waals surface area contributed by atoms with Crippen molar-refractivity contribution in [2.75, 3.05) is 6.61 Å². The fourth-order valence-electron chi connectivity index (χ4n) is 1.37. The highest BCUT2D eigenvalue weighted by Gasteiger charge is 2.46. The minimum Gasteiger partial charge on any atom is -0.477 e. The Morgan fingerprint density at radius 3 is 2.53 bits per heavy atom. The molecule has 0 spiro atoms. The first kappa shape index (κ1) is 11.9. The second-order valence-corrected chi connectivity index (χ2v) is 3.48. The van der Waals surface area contributed by atoms with Gasteiger partial charge in [-0.15, -0.1) is 0 Å². The van der Waals surface area contributed by atoms with E-state index in [0.717, 1.165) is 0 Å². The smallest absolute Gasteiger partial charge is 0.364 e. The van der Waals surface area contributed by atoms with E-state index >= 15 is 0 Å². The van der Waals surface area contributed by atoms with Gasteiger partial charge in [-0.3, -0.25) is 4.79 Å². The van der Waals surface area contributed by atoms with Crippen molar-refractivity contribution in [2.45, 2.75) is 31.3 Å². The summed E-state index contributed by atoms with van der Waals surface area (Å²) in [5.41, 5.74) is 0. The van der Waals surface area contributed by atoms with Crippen molar-refractivity contribution in [1.82, 2.24) is 5.32 Å². The Hall–Kier alpha value is -1.18. The van der Waals surface area contributed by atoms with Gasteiger partial charge in [-0.25, -0.2) is 4.79 Å². The van der Waals surface area contributed by atoms with Crippen LogP contribution in [0.3, 0.4) is 0 Å². The zero-order chi connectivity index (χ0) is 11.6. The third-order valence-electron chi connectivity index (χ3n) is 2.17. The highest BCUT2D eigenvalue weighted by Crippen LogP contribution is 2.23. The van der Waals surface area contributed by atoms with Crippen molar-refractivity contribution >= 4 is 11.9 Å². The number of rotatable bonds is 2. The predicted octanol–water partition coefficient (Wildman–Crippen LogP) is -1.95. The van der Waals surface area contributed by atoms with E-state index in [1.54, 1.807) is 0 Å². The number of ether oxygens (including phenoxy) is 1. The fourth-order valence-corrected chi connectivity index (χ4v) is 1.37. The molecule has 0 aromatic rings. The van der Waals surface area contributed by atoms with Crippen LogP contribution in [0.1, 0.15) is 13.3 Å². The van der Waals surface area contributed by atoms with Crippen LogP contribution >= 0.6 is 0 Å². The van der Waals surface area contributed by atoms with Gasteiger partial charge in [0.15, 0.2) is 0 Å². The summed E-state index contributed by atoms with van der Waals surface area (Å²) in [7, 11) is 0. The highest BCUT2D eigenvalue weighted by atomic mass is 16.6. The Balaban J connectivity index is 2.62. The summed E-state index contributed by atoms with van der Waals surface area (Å²) < 4.78 is 4.69. The first-order valence-corrected chi connectivity index (χ1v) is 4.40. The number of carboxylic acids is 1. The minimum atomic E-state index is -2.37. The predicted molar refractivity (Wildman–Crippen MR) is 46.8 cm³/mol. The normalized spacial score (nSPS) is 35.9. The van der Waals surface area contributed by atoms with Crippen LogP contribution in [0.2, 0.25) is 0 Å². The van der Waals surface area contributed by atoms with Gasteiger partial charge in [-0.1, -0.05) is 0 Å². The minimum absolute atomic E-state index is 0.246. The molecule has 0 saturated carbocycles. The molecule has 1 unspecified atom stereocenters. The molecule has 15 heavy (non-hydrogen) atoms. The lowest BCUT2D eigenvalue weighted by molar-refractivity contribution is -0.253. The monoisotopic (exact) mass is 219 g/mol. The molecular formula is C8H13NO6. The van der Waals surface area contributed by atoms with E-state index in [1.165, 1.54) is 6.92 Å². The van der Waals surface area contributed by atoms with Gasteiger partial charge in [0.2, 0.25) is 5.91 Å². The van der Waals surface area contributed by atoms with Crippen LogP contribution in [0.25, 0.3) is 0 Å². The van der Waals surface area contributed by atoms with E-state index in [0.29, 0.717) is 0 Å². The number of carbonyl (C=O) groups excluding carboxylic acids is 1. The van der Waals surface area contributed by atoms with E-state index in [2.05, 4.69) is 5.32 Å². The quantitative estimate of drug-likeness (QED) is 0.429. The van der Waals surface area contributed by atoms with Crippen LogP contribution in [0.5, 0.6) is 0 Å². The average Bonchev–Trinajstić information content (AvgIpc) is 2.09. The van der Waals surface area contributed by atoms with E-state index in [9.17, 15) is 19.8 Å². The Morgan fingerprint density at radius 1 is 1.53 bits per heavy atom. The third kappa shape index (κ3) is 2.65. The van der Waals surface area contributed by atoms with Gasteiger partial charge in [-0.05, 0) is 0 Å². The topological polar surface area (TPSA) is 116 Å². The first-order valence-electron chi connectivity index (χ1n) is 4.40. The van der Waals surface area contributed by atoms with Crippen LogP contribution in [0.15, 0.2) is 0 Å². The van der Waals surface area contributed by atoms with Crippen LogP contribution < -0.4 is 5.32 Å². The van der Waals surface area contributed by atoms with E-state index in [-0.39, 0.29) is 12.5 Å². The number of hydrogen-bond donors (Lipinski definition) is 4. The molecule has 7 nitrogen and oxygen atoms in total. The summed E-state index contributed by atoms with van der Waals surface area (Å²) in [5.74, 6) is -4.28. The zero-order valence-corrected chi connectivity index (χ0v) is 8.14. The number of amides is 1. The molecule has 1 rings (SSSR count).